The monoisotopic (exact) mass is 896 g/mol. The first-order valence-electron chi connectivity index (χ1n) is 23.4. The van der Waals surface area contributed by atoms with E-state index in [1.165, 1.54) is 75.5 Å². The van der Waals surface area contributed by atoms with Crippen LogP contribution in [-0.2, 0) is 5.41 Å². The number of hydrogen-bond acceptors (Lipinski definition) is 4. The van der Waals surface area contributed by atoms with E-state index in [0.29, 0.717) is 17.5 Å². The van der Waals surface area contributed by atoms with Crippen molar-refractivity contribution in [2.75, 3.05) is 0 Å². The number of rotatable bonds is 7. The van der Waals surface area contributed by atoms with Crippen molar-refractivity contribution < 1.29 is 0 Å². The van der Waals surface area contributed by atoms with Crippen LogP contribution in [0.3, 0.4) is 0 Å². The van der Waals surface area contributed by atoms with E-state index in [1.54, 1.807) is 0 Å². The van der Waals surface area contributed by atoms with Gasteiger partial charge in [-0.2, -0.15) is 0 Å². The lowest BCUT2D eigenvalue weighted by Gasteiger charge is -2.34. The number of benzene rings is 10. The summed E-state index contributed by atoms with van der Waals surface area (Å²) < 4.78 is 4.88. The molecular weight excluding hydrogens is 857 g/mol. The third-order valence-corrected chi connectivity index (χ3v) is 15.3. The maximum atomic E-state index is 5.16. The van der Waals surface area contributed by atoms with Crippen LogP contribution >= 0.6 is 11.3 Å². The van der Waals surface area contributed by atoms with Crippen molar-refractivity contribution >= 4 is 53.3 Å². The van der Waals surface area contributed by atoms with Crippen LogP contribution in [0.15, 0.2) is 243 Å². The van der Waals surface area contributed by atoms with E-state index in [1.807, 2.05) is 47.7 Å². The summed E-state index contributed by atoms with van der Waals surface area (Å²) in [6.07, 6.45) is 0. The van der Waals surface area contributed by atoms with Gasteiger partial charge in [0.05, 0.1) is 16.4 Å². The van der Waals surface area contributed by atoms with Gasteiger partial charge in [0.25, 0.3) is 0 Å². The summed E-state index contributed by atoms with van der Waals surface area (Å²) in [7, 11) is 0. The molecule has 0 atom stereocenters. The van der Waals surface area contributed by atoms with E-state index < -0.39 is 5.41 Å². The van der Waals surface area contributed by atoms with Crippen LogP contribution in [-0.4, -0.2) is 19.5 Å². The van der Waals surface area contributed by atoms with Gasteiger partial charge in [-0.15, -0.1) is 11.3 Å². The fraction of sp³-hybridized carbons (Fsp3) is 0.0156. The molecule has 1 aliphatic carbocycles. The quantitative estimate of drug-likeness (QED) is 0.160. The molecule has 0 fully saturated rings. The van der Waals surface area contributed by atoms with E-state index in [2.05, 4.69) is 211 Å². The predicted octanol–water partition coefficient (Wildman–Crippen LogP) is 16.4. The molecule has 0 amide bonds. The van der Waals surface area contributed by atoms with Crippen molar-refractivity contribution in [2.45, 2.75) is 5.41 Å². The van der Waals surface area contributed by atoms with E-state index in [9.17, 15) is 0 Å². The molecule has 13 aromatic rings. The molecule has 322 valence electrons. The summed E-state index contributed by atoms with van der Waals surface area (Å²) in [5.74, 6) is 1.97. The van der Waals surface area contributed by atoms with Crippen molar-refractivity contribution in [1.29, 1.82) is 0 Å². The summed E-state index contributed by atoms with van der Waals surface area (Å²) in [5.41, 5.74) is 15.9. The molecule has 14 rings (SSSR count). The van der Waals surface area contributed by atoms with Gasteiger partial charge in [0.15, 0.2) is 17.5 Å². The van der Waals surface area contributed by atoms with Crippen LogP contribution in [0.2, 0.25) is 0 Å². The molecule has 0 spiro atoms. The largest absolute Gasteiger partial charge is 0.309 e. The third kappa shape index (κ3) is 6.11. The molecule has 0 N–H and O–H groups in total. The van der Waals surface area contributed by atoms with Crippen molar-refractivity contribution in [1.82, 2.24) is 19.5 Å². The molecule has 3 aromatic heterocycles. The van der Waals surface area contributed by atoms with Gasteiger partial charge in [-0.05, 0) is 93.0 Å². The average Bonchev–Trinajstić information content (AvgIpc) is 4.07. The zero-order chi connectivity index (χ0) is 45.5. The lowest BCUT2D eigenvalue weighted by Crippen LogP contribution is -2.28. The molecular formula is C64H40N4S. The SMILES string of the molecule is c1ccc(-c2nc(-c3ccccc3)nc(-c3cccc4sc5ccc(-c6ccc7c(c6)c6ccccc6n7-c6ccc7c(c6)C(c6ccccc6)(c6ccccc6)c6ccccc6-7)cc5c34)n2)cc1. The fourth-order valence-corrected chi connectivity index (χ4v) is 12.2. The fourth-order valence-electron chi connectivity index (χ4n) is 11.1. The molecule has 0 saturated heterocycles. The highest BCUT2D eigenvalue weighted by molar-refractivity contribution is 7.26. The van der Waals surface area contributed by atoms with Crippen molar-refractivity contribution in [3.63, 3.8) is 0 Å². The van der Waals surface area contributed by atoms with Gasteiger partial charge in [-0.25, -0.2) is 15.0 Å². The molecule has 0 aliphatic heterocycles. The number of thiophene rings is 1. The zero-order valence-electron chi connectivity index (χ0n) is 37.3. The zero-order valence-corrected chi connectivity index (χ0v) is 38.1. The molecule has 69 heavy (non-hydrogen) atoms. The molecule has 0 unspecified atom stereocenters. The van der Waals surface area contributed by atoms with E-state index in [-0.39, 0.29) is 0 Å². The first-order chi connectivity index (χ1) is 34.2. The van der Waals surface area contributed by atoms with Crippen molar-refractivity contribution in [3.8, 4) is 62.1 Å². The van der Waals surface area contributed by atoms with Gasteiger partial charge >= 0.3 is 0 Å². The molecule has 10 aromatic carbocycles. The Morgan fingerprint density at radius 3 is 1.59 bits per heavy atom. The maximum absolute atomic E-state index is 5.16. The molecule has 5 heteroatoms. The molecule has 4 nitrogen and oxygen atoms in total. The lowest BCUT2D eigenvalue weighted by molar-refractivity contribution is 0.767. The summed E-state index contributed by atoms with van der Waals surface area (Å²) in [6.45, 7) is 0. The van der Waals surface area contributed by atoms with Crippen LogP contribution in [0.4, 0.5) is 0 Å². The topological polar surface area (TPSA) is 43.6 Å². The van der Waals surface area contributed by atoms with Crippen molar-refractivity contribution in [2.24, 2.45) is 0 Å². The molecule has 0 bridgehead atoms. The Kier molecular flexibility index (Phi) is 8.95. The van der Waals surface area contributed by atoms with Crippen LogP contribution in [0.25, 0.3) is 104 Å². The van der Waals surface area contributed by atoms with E-state index in [4.69, 9.17) is 15.0 Å². The first kappa shape index (κ1) is 39.4. The molecule has 0 saturated carbocycles. The van der Waals surface area contributed by atoms with Crippen LogP contribution in [0, 0.1) is 0 Å². The minimum absolute atomic E-state index is 0.487. The van der Waals surface area contributed by atoms with Gasteiger partial charge in [-0.1, -0.05) is 194 Å². The minimum Gasteiger partial charge on any atom is -0.309 e. The number of aromatic nitrogens is 4. The standard InChI is InChI=1S/C64H40N4S/c1-5-18-41(19-6-1)61-65-62(42-20-7-2-8-21-42)67-63(66-61)51-28-17-31-59-60(51)53-39-44(33-37-58(53)69-59)43-32-36-57-52(38-43)50-27-14-16-30-56(50)68(57)47-34-35-49-48-26-13-15-29-54(48)64(55(49)40-47,45-22-9-3-10-23-45)46-24-11-4-12-25-46/h1-40H. The summed E-state index contributed by atoms with van der Waals surface area (Å²) in [5, 5.41) is 4.78. The number of hydrogen-bond donors (Lipinski definition) is 0. The third-order valence-electron chi connectivity index (χ3n) is 14.1. The Morgan fingerprint density at radius 2 is 0.884 bits per heavy atom. The van der Waals surface area contributed by atoms with Gasteiger partial charge < -0.3 is 4.57 Å². The number of para-hydroxylation sites is 1. The van der Waals surface area contributed by atoms with Gasteiger partial charge in [0.1, 0.15) is 0 Å². The van der Waals surface area contributed by atoms with E-state index >= 15 is 0 Å². The van der Waals surface area contributed by atoms with Gasteiger partial charge in [0, 0.05) is 53.3 Å². The molecule has 3 heterocycles. The number of nitrogens with zero attached hydrogens (tertiary/aromatic N) is 4. The van der Waals surface area contributed by atoms with Crippen LogP contribution < -0.4 is 0 Å². The second-order valence-corrected chi connectivity index (χ2v) is 19.0. The highest BCUT2D eigenvalue weighted by Gasteiger charge is 2.46. The molecule has 0 radical (unpaired) electrons. The Morgan fingerprint density at radius 1 is 0.333 bits per heavy atom. The smallest absolute Gasteiger partial charge is 0.164 e. The Bertz CT molecular complexity index is 4020. The highest BCUT2D eigenvalue weighted by Crippen LogP contribution is 2.56. The lowest BCUT2D eigenvalue weighted by atomic mass is 9.67. The normalized spacial score (nSPS) is 12.8. The van der Waals surface area contributed by atoms with Crippen LogP contribution in [0.5, 0.6) is 0 Å². The minimum atomic E-state index is -0.487. The molecule has 1 aliphatic rings. The van der Waals surface area contributed by atoms with Crippen LogP contribution in [0.1, 0.15) is 22.3 Å². The predicted molar refractivity (Wildman–Crippen MR) is 286 cm³/mol. The summed E-state index contributed by atoms with van der Waals surface area (Å²) >= 11 is 1.81. The summed E-state index contributed by atoms with van der Waals surface area (Å²) in [4.78, 5) is 15.3. The second kappa shape index (κ2) is 15.7. The second-order valence-electron chi connectivity index (χ2n) is 17.9. The van der Waals surface area contributed by atoms with Crippen molar-refractivity contribution in [3.05, 3.63) is 265 Å². The summed E-state index contributed by atoms with van der Waals surface area (Å²) in [6, 6.07) is 87.8. The Hall–Kier alpha value is -8.77. The van der Waals surface area contributed by atoms with E-state index in [0.717, 1.165) is 33.3 Å². The average molecular weight is 897 g/mol. The Labute approximate surface area is 403 Å². The highest BCUT2D eigenvalue weighted by atomic mass is 32.1. The number of fused-ring (bicyclic) bond motifs is 9. The maximum Gasteiger partial charge on any atom is 0.164 e. The van der Waals surface area contributed by atoms with Gasteiger partial charge in [-0.3, -0.25) is 0 Å². The Balaban J connectivity index is 0.929. The van der Waals surface area contributed by atoms with Gasteiger partial charge in [0.2, 0.25) is 0 Å². The first-order valence-corrected chi connectivity index (χ1v) is 24.2.